The Morgan fingerprint density at radius 1 is 0.972 bits per heavy atom. The number of hydrogen-bond donors (Lipinski definition) is 3. The van der Waals surface area contributed by atoms with Crippen molar-refractivity contribution in [2.24, 2.45) is 12.8 Å². The summed E-state index contributed by atoms with van der Waals surface area (Å²) in [6, 6.07) is 12.9. The fraction of sp³-hybridized carbons (Fsp3) is 0.0800. The van der Waals surface area contributed by atoms with E-state index in [-0.39, 0.29) is 34.2 Å². The first-order valence-corrected chi connectivity index (χ1v) is 11.2. The number of nitrogens with zero attached hydrogens (tertiary/aromatic N) is 2. The van der Waals surface area contributed by atoms with Crippen LogP contribution in [0.1, 0.15) is 36.8 Å². The van der Waals surface area contributed by atoms with Crippen molar-refractivity contribution in [2.45, 2.75) is 6.61 Å². The lowest BCUT2D eigenvalue weighted by Crippen LogP contribution is -2.16. The lowest BCUT2D eigenvalue weighted by atomic mass is 9.98. The Morgan fingerprint density at radius 3 is 2.25 bits per heavy atom. The monoisotopic (exact) mass is 527 g/mol. The van der Waals surface area contributed by atoms with E-state index in [0.29, 0.717) is 16.3 Å². The molecule has 1 amide bonds. The van der Waals surface area contributed by atoms with Crippen LogP contribution < -0.4 is 10.5 Å². The predicted molar refractivity (Wildman–Crippen MR) is 133 cm³/mol. The average molecular weight is 528 g/mol. The second-order valence-electron chi connectivity index (χ2n) is 7.76. The second kappa shape index (κ2) is 9.80. The number of benzene rings is 2. The molecule has 0 saturated carbocycles. The third kappa shape index (κ3) is 4.41. The van der Waals surface area contributed by atoms with Crippen LogP contribution in [-0.2, 0) is 13.7 Å². The fourth-order valence-corrected chi connectivity index (χ4v) is 4.34. The first kappa shape index (κ1) is 24.9. The largest absolute Gasteiger partial charge is 0.485 e. The Bertz CT molecular complexity index is 1510. The molecule has 184 valence electrons. The van der Waals surface area contributed by atoms with E-state index in [0.717, 1.165) is 0 Å². The number of rotatable bonds is 8. The van der Waals surface area contributed by atoms with Gasteiger partial charge in [-0.3, -0.25) is 4.79 Å². The smallest absolute Gasteiger partial charge is 0.356 e. The molecule has 4 rings (SSSR count). The molecular weight excluding hydrogens is 509 g/mol. The summed E-state index contributed by atoms with van der Waals surface area (Å²) < 4.78 is 8.61. The molecule has 4 aromatic rings. The van der Waals surface area contributed by atoms with Crippen LogP contribution in [0, 0.1) is 0 Å². The molecule has 2 aromatic heterocycles. The zero-order chi connectivity index (χ0) is 26.1. The molecule has 0 atom stereocenters. The molecule has 36 heavy (non-hydrogen) atoms. The minimum Gasteiger partial charge on any atom is -0.485 e. The van der Waals surface area contributed by atoms with Gasteiger partial charge in [-0.05, 0) is 42.0 Å². The van der Waals surface area contributed by atoms with Gasteiger partial charge >= 0.3 is 11.9 Å². The second-order valence-corrected chi connectivity index (χ2v) is 8.58. The van der Waals surface area contributed by atoms with Crippen LogP contribution in [-0.4, -0.2) is 37.2 Å². The molecule has 2 heterocycles. The summed E-state index contributed by atoms with van der Waals surface area (Å²) in [5.41, 5.74) is 5.85. The lowest BCUT2D eigenvalue weighted by Gasteiger charge is -2.16. The van der Waals surface area contributed by atoms with Crippen molar-refractivity contribution in [3.05, 3.63) is 93.4 Å². The number of ether oxygens (including phenoxy) is 1. The van der Waals surface area contributed by atoms with Crippen LogP contribution in [0.2, 0.25) is 10.0 Å². The van der Waals surface area contributed by atoms with E-state index < -0.39 is 29.1 Å². The molecule has 0 aliphatic carbocycles. The van der Waals surface area contributed by atoms with Gasteiger partial charge in [0.05, 0.1) is 27.0 Å². The zero-order valence-corrected chi connectivity index (χ0v) is 20.2. The Kier molecular flexibility index (Phi) is 6.78. The number of carbonyl (C=O) groups excluding carboxylic acids is 1. The molecule has 9 nitrogen and oxygen atoms in total. The van der Waals surface area contributed by atoms with E-state index in [1.54, 1.807) is 53.4 Å². The van der Waals surface area contributed by atoms with E-state index in [4.69, 9.17) is 33.7 Å². The highest BCUT2D eigenvalue weighted by atomic mass is 35.5. The standard InChI is InChI=1S/C25H19Cl2N3O6/c1-29-20(18-14(23(28)31)5-4-6-17(18)30-9-2-3-10-30)19(24(32)33)22(21(29)25(34)35)36-12-13-7-8-15(26)16(27)11-13/h2-11H,12H2,1H3,(H2,28,31)(H,32,33)(H,34,35). The summed E-state index contributed by atoms with van der Waals surface area (Å²) in [7, 11) is 1.38. The van der Waals surface area contributed by atoms with Crippen LogP contribution >= 0.6 is 23.2 Å². The van der Waals surface area contributed by atoms with Crippen LogP contribution in [0.15, 0.2) is 60.9 Å². The molecule has 11 heteroatoms. The van der Waals surface area contributed by atoms with Crippen molar-refractivity contribution in [3.63, 3.8) is 0 Å². The summed E-state index contributed by atoms with van der Waals surface area (Å²) in [4.78, 5) is 37.2. The third-order valence-corrected chi connectivity index (χ3v) is 6.30. The third-order valence-electron chi connectivity index (χ3n) is 5.56. The van der Waals surface area contributed by atoms with Crippen molar-refractivity contribution in [3.8, 4) is 22.7 Å². The summed E-state index contributed by atoms with van der Waals surface area (Å²) >= 11 is 12.0. The van der Waals surface area contributed by atoms with Gasteiger partial charge in [-0.1, -0.05) is 35.3 Å². The fourth-order valence-electron chi connectivity index (χ4n) is 4.02. The van der Waals surface area contributed by atoms with E-state index in [1.807, 2.05) is 0 Å². The highest BCUT2D eigenvalue weighted by molar-refractivity contribution is 6.42. The van der Waals surface area contributed by atoms with E-state index in [9.17, 15) is 24.6 Å². The Hall–Kier alpha value is -4.21. The molecule has 0 fully saturated rings. The number of hydrogen-bond acceptors (Lipinski definition) is 4. The number of aromatic carboxylic acids is 2. The molecule has 0 saturated heterocycles. The first-order valence-electron chi connectivity index (χ1n) is 10.4. The molecule has 0 aliphatic heterocycles. The van der Waals surface area contributed by atoms with Crippen molar-refractivity contribution >= 4 is 41.0 Å². The molecular formula is C25H19Cl2N3O6. The van der Waals surface area contributed by atoms with Gasteiger partial charge in [0.15, 0.2) is 11.4 Å². The van der Waals surface area contributed by atoms with Gasteiger partial charge in [0, 0.05) is 25.0 Å². The maximum Gasteiger partial charge on any atom is 0.356 e. The topological polar surface area (TPSA) is 137 Å². The SMILES string of the molecule is Cn1c(C(=O)O)c(OCc2ccc(Cl)c(Cl)c2)c(C(=O)O)c1-c1c(C(N)=O)cccc1-n1cccc1. The van der Waals surface area contributed by atoms with Gasteiger partial charge in [-0.25, -0.2) is 9.59 Å². The Labute approximate surface area is 214 Å². The van der Waals surface area contributed by atoms with Crippen molar-refractivity contribution in [2.75, 3.05) is 0 Å². The van der Waals surface area contributed by atoms with Gasteiger partial charge in [-0.15, -0.1) is 0 Å². The molecule has 0 spiro atoms. The van der Waals surface area contributed by atoms with Gasteiger partial charge < -0.3 is 29.8 Å². The number of aromatic nitrogens is 2. The first-order chi connectivity index (χ1) is 17.1. The highest BCUT2D eigenvalue weighted by Gasteiger charge is 2.34. The molecule has 0 aliphatic rings. The van der Waals surface area contributed by atoms with Crippen molar-refractivity contribution < 1.29 is 29.3 Å². The minimum absolute atomic E-state index is 0.0114. The summed E-state index contributed by atoms with van der Waals surface area (Å²) in [6.07, 6.45) is 3.40. The average Bonchev–Trinajstić information content (AvgIpc) is 3.45. The molecule has 0 unspecified atom stereocenters. The maximum atomic E-state index is 12.5. The molecule has 0 bridgehead atoms. The van der Waals surface area contributed by atoms with E-state index >= 15 is 0 Å². The molecule has 4 N–H and O–H groups in total. The lowest BCUT2D eigenvalue weighted by molar-refractivity contribution is 0.0681. The normalized spacial score (nSPS) is 10.9. The number of carboxylic acids is 2. The summed E-state index contributed by atoms with van der Waals surface area (Å²) in [5, 5.41) is 20.8. The summed E-state index contributed by atoms with van der Waals surface area (Å²) in [5.74, 6) is -4.06. The maximum absolute atomic E-state index is 12.5. The van der Waals surface area contributed by atoms with E-state index in [2.05, 4.69) is 0 Å². The van der Waals surface area contributed by atoms with Crippen LogP contribution in [0.3, 0.4) is 0 Å². The minimum atomic E-state index is -1.45. The van der Waals surface area contributed by atoms with Gasteiger partial charge in [0.1, 0.15) is 12.2 Å². The van der Waals surface area contributed by atoms with E-state index in [1.165, 1.54) is 23.7 Å². The number of carboxylic acid groups (broad SMARTS) is 2. The van der Waals surface area contributed by atoms with Gasteiger partial charge in [-0.2, -0.15) is 0 Å². The quantitative estimate of drug-likeness (QED) is 0.299. The Balaban J connectivity index is 1.99. The van der Waals surface area contributed by atoms with Crippen molar-refractivity contribution in [1.29, 1.82) is 0 Å². The van der Waals surface area contributed by atoms with Gasteiger partial charge in [0.25, 0.3) is 0 Å². The van der Waals surface area contributed by atoms with Crippen molar-refractivity contribution in [1.82, 2.24) is 9.13 Å². The van der Waals surface area contributed by atoms with Crippen LogP contribution in [0.4, 0.5) is 0 Å². The molecule has 2 aromatic carbocycles. The highest BCUT2D eigenvalue weighted by Crippen LogP contribution is 2.41. The van der Waals surface area contributed by atoms with Gasteiger partial charge in [0.2, 0.25) is 5.91 Å². The Morgan fingerprint density at radius 2 is 1.67 bits per heavy atom. The number of nitrogens with two attached hydrogens (primary N) is 1. The van der Waals surface area contributed by atoms with Crippen LogP contribution in [0.25, 0.3) is 16.9 Å². The number of halogens is 2. The number of carbonyl (C=O) groups is 3. The molecule has 0 radical (unpaired) electrons. The number of amides is 1. The zero-order valence-electron chi connectivity index (χ0n) is 18.7. The summed E-state index contributed by atoms with van der Waals surface area (Å²) in [6.45, 7) is -0.192. The number of primary amides is 1. The van der Waals surface area contributed by atoms with Crippen LogP contribution in [0.5, 0.6) is 5.75 Å². The predicted octanol–water partition coefficient (Wildman–Crippen LogP) is 4.86.